The van der Waals surface area contributed by atoms with Crippen molar-refractivity contribution < 1.29 is 22.8 Å². The molecule has 33 heavy (non-hydrogen) atoms. The lowest BCUT2D eigenvalue weighted by molar-refractivity contribution is -0.138. The Hall–Kier alpha value is -3.69. The van der Waals surface area contributed by atoms with Crippen LogP contribution in [-0.4, -0.2) is 44.9 Å². The molecule has 1 aromatic carbocycles. The number of pyridine rings is 1. The number of aryl methyl sites for hydroxylation is 1. The number of benzene rings is 1. The van der Waals surface area contributed by atoms with Crippen molar-refractivity contribution in [3.05, 3.63) is 76.7 Å². The van der Waals surface area contributed by atoms with Gasteiger partial charge in [-0.3, -0.25) is 4.79 Å². The summed E-state index contributed by atoms with van der Waals surface area (Å²) in [5.41, 5.74) is 3.04. The van der Waals surface area contributed by atoms with Crippen LogP contribution in [0.15, 0.2) is 53.9 Å². The van der Waals surface area contributed by atoms with Gasteiger partial charge in [0.05, 0.1) is 23.2 Å². The highest BCUT2D eigenvalue weighted by Crippen LogP contribution is 2.28. The molecule has 0 spiro atoms. The molecular weight excluding hydrogens is 435 g/mol. The molecule has 1 amide bonds. The second-order valence-corrected chi connectivity index (χ2v) is 7.64. The minimum atomic E-state index is -4.46. The summed E-state index contributed by atoms with van der Waals surface area (Å²) in [7, 11) is 1.69. The summed E-state index contributed by atoms with van der Waals surface area (Å²) in [5.74, 6) is 0.0156. The van der Waals surface area contributed by atoms with Crippen LogP contribution < -0.4 is 0 Å². The number of hydrogen-bond acceptors (Lipinski definition) is 5. The molecule has 0 aliphatic carbocycles. The molecule has 2 aromatic heterocycles. The van der Waals surface area contributed by atoms with Crippen LogP contribution in [-0.2, 0) is 22.4 Å². The van der Waals surface area contributed by atoms with Crippen LogP contribution >= 0.6 is 0 Å². The zero-order valence-electron chi connectivity index (χ0n) is 18.7. The van der Waals surface area contributed by atoms with Gasteiger partial charge in [0.2, 0.25) is 0 Å². The number of halogens is 3. The van der Waals surface area contributed by atoms with Crippen LogP contribution in [0.25, 0.3) is 5.82 Å². The van der Waals surface area contributed by atoms with Crippen LogP contribution in [0, 0.1) is 13.8 Å². The van der Waals surface area contributed by atoms with E-state index >= 15 is 0 Å². The Morgan fingerprint density at radius 2 is 1.82 bits per heavy atom. The highest BCUT2D eigenvalue weighted by Gasteiger charge is 2.30. The average molecular weight is 459 g/mol. The largest absolute Gasteiger partial charge is 0.417 e. The number of aromatic nitrogens is 3. The monoisotopic (exact) mass is 459 g/mol. The van der Waals surface area contributed by atoms with Gasteiger partial charge in [-0.1, -0.05) is 35.0 Å². The third-order valence-electron chi connectivity index (χ3n) is 5.05. The minimum Gasteiger partial charge on any atom is -0.385 e. The molecule has 0 atom stereocenters. The molecule has 0 fully saturated rings. The summed E-state index contributed by atoms with van der Waals surface area (Å²) in [6, 6.07) is 10.1. The first-order valence-electron chi connectivity index (χ1n) is 10.1. The number of oxime groups is 1. The lowest BCUT2D eigenvalue weighted by atomic mass is 10.1. The van der Waals surface area contributed by atoms with Gasteiger partial charge in [0.1, 0.15) is 0 Å². The van der Waals surface area contributed by atoms with E-state index in [1.54, 1.807) is 25.8 Å². The lowest BCUT2D eigenvalue weighted by Gasteiger charge is -2.16. The van der Waals surface area contributed by atoms with E-state index in [2.05, 4.69) is 15.2 Å². The number of likely N-dealkylation sites (N-methyl/N-ethyl adjacent to an activating group) is 1. The van der Waals surface area contributed by atoms with E-state index in [1.807, 2.05) is 31.2 Å². The SMILES string of the molecule is C/C(=N\OCC(=O)N(C)Cc1ccc(C)cc1)c1cnn(-c2ccc(C(F)(F)F)cn2)c1C. The summed E-state index contributed by atoms with van der Waals surface area (Å²) in [6.45, 7) is 5.65. The highest BCUT2D eigenvalue weighted by atomic mass is 19.4. The Morgan fingerprint density at radius 3 is 2.42 bits per heavy atom. The predicted octanol–water partition coefficient (Wildman–Crippen LogP) is 4.30. The summed E-state index contributed by atoms with van der Waals surface area (Å²) >= 11 is 0. The molecule has 0 saturated heterocycles. The number of hydrogen-bond donors (Lipinski definition) is 0. The fraction of sp³-hybridized carbons (Fsp3) is 0.304. The molecule has 0 aliphatic rings. The van der Waals surface area contributed by atoms with Crippen molar-refractivity contribution in [1.29, 1.82) is 0 Å². The second kappa shape index (κ2) is 9.85. The zero-order valence-corrected chi connectivity index (χ0v) is 18.7. The molecule has 0 aliphatic heterocycles. The summed E-state index contributed by atoms with van der Waals surface area (Å²) in [5, 5.41) is 8.18. The zero-order chi connectivity index (χ0) is 24.2. The van der Waals surface area contributed by atoms with Crippen LogP contribution in [0.3, 0.4) is 0 Å². The summed E-state index contributed by atoms with van der Waals surface area (Å²) in [6.07, 6.45) is -2.18. The number of nitrogens with zero attached hydrogens (tertiary/aromatic N) is 5. The van der Waals surface area contributed by atoms with Crippen molar-refractivity contribution in [3.8, 4) is 5.82 Å². The van der Waals surface area contributed by atoms with Crippen molar-refractivity contribution in [1.82, 2.24) is 19.7 Å². The number of rotatable bonds is 7. The van der Waals surface area contributed by atoms with Gasteiger partial charge >= 0.3 is 6.18 Å². The lowest BCUT2D eigenvalue weighted by Crippen LogP contribution is -2.29. The Labute approximate surface area is 189 Å². The molecule has 0 radical (unpaired) electrons. The molecule has 10 heteroatoms. The minimum absolute atomic E-state index is 0.228. The maximum absolute atomic E-state index is 12.7. The first-order valence-corrected chi connectivity index (χ1v) is 10.1. The maximum atomic E-state index is 12.7. The number of carbonyl (C=O) groups excluding carboxylic acids is 1. The van der Waals surface area contributed by atoms with E-state index in [4.69, 9.17) is 4.84 Å². The van der Waals surface area contributed by atoms with E-state index in [0.29, 0.717) is 23.5 Å². The fourth-order valence-corrected chi connectivity index (χ4v) is 3.07. The van der Waals surface area contributed by atoms with Gasteiger partial charge < -0.3 is 9.74 Å². The summed E-state index contributed by atoms with van der Waals surface area (Å²) < 4.78 is 39.6. The van der Waals surface area contributed by atoms with Crippen molar-refractivity contribution in [2.75, 3.05) is 13.7 Å². The fourth-order valence-electron chi connectivity index (χ4n) is 3.07. The van der Waals surface area contributed by atoms with Crippen molar-refractivity contribution in [2.45, 2.75) is 33.5 Å². The van der Waals surface area contributed by atoms with E-state index in [-0.39, 0.29) is 18.3 Å². The average Bonchev–Trinajstić information content (AvgIpc) is 3.16. The van der Waals surface area contributed by atoms with Gasteiger partial charge in [-0.25, -0.2) is 9.67 Å². The normalized spacial score (nSPS) is 12.0. The second-order valence-electron chi connectivity index (χ2n) is 7.64. The molecular formula is C23H24F3N5O2. The number of carbonyl (C=O) groups is 1. The van der Waals surface area contributed by atoms with E-state index in [9.17, 15) is 18.0 Å². The maximum Gasteiger partial charge on any atom is 0.417 e. The molecule has 3 aromatic rings. The molecule has 0 bridgehead atoms. The Balaban J connectivity index is 1.61. The summed E-state index contributed by atoms with van der Waals surface area (Å²) in [4.78, 5) is 22.9. The van der Waals surface area contributed by atoms with Crippen molar-refractivity contribution in [3.63, 3.8) is 0 Å². The Kier molecular flexibility index (Phi) is 7.15. The molecule has 2 heterocycles. The van der Waals surface area contributed by atoms with Gasteiger partial charge in [0, 0.05) is 25.4 Å². The first-order chi connectivity index (χ1) is 15.6. The van der Waals surface area contributed by atoms with Gasteiger partial charge in [0.25, 0.3) is 5.91 Å². The van der Waals surface area contributed by atoms with Gasteiger partial charge in [0.15, 0.2) is 12.4 Å². The quantitative estimate of drug-likeness (QED) is 0.390. The van der Waals surface area contributed by atoms with E-state index in [1.165, 1.54) is 16.9 Å². The van der Waals surface area contributed by atoms with Gasteiger partial charge in [-0.2, -0.15) is 18.3 Å². The Bertz CT molecular complexity index is 1140. The molecule has 7 nitrogen and oxygen atoms in total. The molecule has 0 N–H and O–H groups in total. The molecule has 0 saturated carbocycles. The number of alkyl halides is 3. The van der Waals surface area contributed by atoms with Crippen LogP contribution in [0.5, 0.6) is 0 Å². The third kappa shape index (κ3) is 5.97. The smallest absolute Gasteiger partial charge is 0.385 e. The van der Waals surface area contributed by atoms with Crippen LogP contribution in [0.1, 0.15) is 34.9 Å². The van der Waals surface area contributed by atoms with Crippen molar-refractivity contribution in [2.24, 2.45) is 5.16 Å². The molecule has 0 unspecified atom stereocenters. The molecule has 174 valence electrons. The van der Waals surface area contributed by atoms with E-state index in [0.717, 1.165) is 23.4 Å². The topological polar surface area (TPSA) is 72.6 Å². The highest BCUT2D eigenvalue weighted by molar-refractivity contribution is 5.99. The standard InChI is InChI=1S/C23H24F3N5O2/c1-15-5-7-18(8-6-15)13-30(4)22(32)14-33-29-16(2)20-12-28-31(17(20)3)21-10-9-19(11-27-21)23(24,25)26/h5-12H,13-14H2,1-4H3/b29-16+. The van der Waals surface area contributed by atoms with Crippen LogP contribution in [0.4, 0.5) is 13.2 Å². The number of amides is 1. The predicted molar refractivity (Wildman–Crippen MR) is 117 cm³/mol. The van der Waals surface area contributed by atoms with Crippen molar-refractivity contribution >= 4 is 11.6 Å². The van der Waals surface area contributed by atoms with Gasteiger partial charge in [-0.15, -0.1) is 0 Å². The first kappa shape index (κ1) is 24.0. The third-order valence-corrected chi connectivity index (χ3v) is 5.05. The molecule has 3 rings (SSSR count). The van der Waals surface area contributed by atoms with E-state index < -0.39 is 11.7 Å². The van der Waals surface area contributed by atoms with Gasteiger partial charge in [-0.05, 0) is 38.5 Å². The van der Waals surface area contributed by atoms with Crippen LogP contribution in [0.2, 0.25) is 0 Å². The Morgan fingerprint density at radius 1 is 1.12 bits per heavy atom.